The van der Waals surface area contributed by atoms with Gasteiger partial charge in [0.05, 0.1) is 0 Å². The molecule has 0 aliphatic rings. The van der Waals surface area contributed by atoms with E-state index >= 15 is 0 Å². The van der Waals surface area contributed by atoms with E-state index < -0.39 is 29.2 Å². The van der Waals surface area contributed by atoms with E-state index in [9.17, 15) is 28.0 Å². The largest absolute Gasteiger partial charge is 0.326 e. The van der Waals surface area contributed by atoms with Crippen LogP contribution < -0.4 is 10.6 Å². The highest BCUT2D eigenvalue weighted by atomic mass is 19.1. The van der Waals surface area contributed by atoms with Gasteiger partial charge in [-0.05, 0) is 73.4 Å². The molecule has 0 aliphatic carbocycles. The molecule has 204 valence electrons. The van der Waals surface area contributed by atoms with Gasteiger partial charge in [-0.2, -0.15) is 0 Å². The van der Waals surface area contributed by atoms with E-state index in [2.05, 4.69) is 10.6 Å². The normalized spacial score (nSPS) is 11.5. The number of carbonyl (C=O) groups is 4. The predicted octanol–water partition coefficient (Wildman–Crippen LogP) is 6.37. The number of halogens is 2. The lowest BCUT2D eigenvalue weighted by Gasteiger charge is -2.17. The quantitative estimate of drug-likeness (QED) is 0.186. The van der Waals surface area contributed by atoms with Crippen LogP contribution in [0.25, 0.3) is 0 Å². The maximum absolute atomic E-state index is 13.7. The van der Waals surface area contributed by atoms with Crippen LogP contribution in [0, 0.1) is 11.6 Å². The number of amides is 2. The van der Waals surface area contributed by atoms with Crippen LogP contribution >= 0.6 is 0 Å². The third-order valence-corrected chi connectivity index (χ3v) is 6.15. The monoisotopic (exact) mass is 534 g/mol. The summed E-state index contributed by atoms with van der Waals surface area (Å²) in [6.45, 7) is 1.57. The lowest BCUT2D eigenvalue weighted by Crippen LogP contribution is -2.29. The van der Waals surface area contributed by atoms with Gasteiger partial charge in [-0.3, -0.25) is 14.4 Å². The zero-order chi connectivity index (χ0) is 28.2. The molecule has 0 bridgehead atoms. The third-order valence-electron chi connectivity index (χ3n) is 6.15. The Morgan fingerprint density at radius 1 is 0.718 bits per heavy atom. The van der Waals surface area contributed by atoms with Crippen LogP contribution in [0.1, 0.15) is 62.5 Å². The molecule has 0 saturated heterocycles. The molecule has 8 heteroatoms. The molecule has 3 aromatic rings. The maximum atomic E-state index is 13.7. The summed E-state index contributed by atoms with van der Waals surface area (Å²) in [5, 5.41) is 5.39. The average molecular weight is 535 g/mol. The Balaban J connectivity index is 1.68. The zero-order valence-corrected chi connectivity index (χ0v) is 21.8. The van der Waals surface area contributed by atoms with Gasteiger partial charge in [0.15, 0.2) is 5.78 Å². The molecule has 0 aromatic heterocycles. The second kappa shape index (κ2) is 14.7. The van der Waals surface area contributed by atoms with Crippen LogP contribution in [-0.2, 0) is 25.6 Å². The first kappa shape index (κ1) is 29.4. The van der Waals surface area contributed by atoms with E-state index in [1.54, 1.807) is 37.3 Å². The van der Waals surface area contributed by atoms with Crippen LogP contribution in [0.5, 0.6) is 0 Å². The average Bonchev–Trinajstić information content (AvgIpc) is 2.87. The number of Topliss-reactive ketones (excluding diaryl/α,β-unsaturated/α-hetero) is 2. The van der Waals surface area contributed by atoms with Crippen molar-refractivity contribution >= 4 is 34.8 Å². The van der Waals surface area contributed by atoms with Crippen molar-refractivity contribution in [3.05, 3.63) is 95.6 Å². The van der Waals surface area contributed by atoms with Crippen LogP contribution in [-0.4, -0.2) is 23.4 Å². The first-order valence-corrected chi connectivity index (χ1v) is 12.9. The number of ketones is 2. The Bertz CT molecular complexity index is 1250. The molecule has 0 aliphatic heterocycles. The molecule has 39 heavy (non-hydrogen) atoms. The molecular formula is C31H32F2N2O4. The van der Waals surface area contributed by atoms with E-state index in [4.69, 9.17) is 0 Å². The van der Waals surface area contributed by atoms with Crippen LogP contribution in [0.3, 0.4) is 0 Å². The molecule has 1 unspecified atom stereocenters. The second-order valence-corrected chi connectivity index (χ2v) is 9.49. The van der Waals surface area contributed by atoms with Crippen molar-refractivity contribution in [2.45, 2.75) is 57.8 Å². The Morgan fingerprint density at radius 3 is 2.00 bits per heavy atom. The van der Waals surface area contributed by atoms with Gasteiger partial charge in [-0.1, -0.05) is 43.2 Å². The predicted molar refractivity (Wildman–Crippen MR) is 146 cm³/mol. The standard InChI is InChI=1S/C31H32F2N2O4/c1-21(36)8-4-2-3-5-13-29(38)34-26-16-14-23(15-17-26)30(28(37)19-22-9-6-10-24(32)18-22)31(39)35-27-12-7-11-25(33)20-27/h6-7,9-12,14-18,20,30H,2-5,8,13,19H2,1H3,(H,34,38)(H,35,39). The van der Waals surface area contributed by atoms with E-state index in [1.165, 1.54) is 36.4 Å². The number of carbonyl (C=O) groups excluding carboxylic acids is 4. The van der Waals surface area contributed by atoms with Gasteiger partial charge in [0.2, 0.25) is 11.8 Å². The van der Waals surface area contributed by atoms with Crippen LogP contribution in [0.15, 0.2) is 72.8 Å². The summed E-state index contributed by atoms with van der Waals surface area (Å²) in [4.78, 5) is 49.8. The summed E-state index contributed by atoms with van der Waals surface area (Å²) in [7, 11) is 0. The van der Waals surface area contributed by atoms with Crippen molar-refractivity contribution in [2.24, 2.45) is 0 Å². The minimum atomic E-state index is -1.24. The smallest absolute Gasteiger partial charge is 0.239 e. The maximum Gasteiger partial charge on any atom is 0.239 e. The van der Waals surface area contributed by atoms with E-state index in [0.717, 1.165) is 25.3 Å². The molecule has 1 atom stereocenters. The fourth-order valence-corrected chi connectivity index (χ4v) is 4.21. The minimum Gasteiger partial charge on any atom is -0.326 e. The highest BCUT2D eigenvalue weighted by Gasteiger charge is 2.29. The number of unbranched alkanes of at least 4 members (excludes halogenated alkanes) is 3. The van der Waals surface area contributed by atoms with Crippen molar-refractivity contribution in [1.29, 1.82) is 0 Å². The lowest BCUT2D eigenvalue weighted by molar-refractivity contribution is -0.127. The fourth-order valence-electron chi connectivity index (χ4n) is 4.21. The van der Waals surface area contributed by atoms with Gasteiger partial charge in [-0.25, -0.2) is 8.78 Å². The molecule has 0 radical (unpaired) electrons. The summed E-state index contributed by atoms with van der Waals surface area (Å²) >= 11 is 0. The molecule has 3 aromatic carbocycles. The number of benzene rings is 3. The van der Waals surface area contributed by atoms with Crippen molar-refractivity contribution < 1.29 is 28.0 Å². The summed E-state index contributed by atoms with van der Waals surface area (Å²) in [6, 6.07) is 17.3. The number of nitrogens with one attached hydrogen (secondary N) is 2. The summed E-state index contributed by atoms with van der Waals surface area (Å²) in [5.41, 5.74) is 1.53. The molecule has 0 saturated carbocycles. The molecule has 2 N–H and O–H groups in total. The zero-order valence-electron chi connectivity index (χ0n) is 21.8. The molecule has 3 rings (SSSR count). The van der Waals surface area contributed by atoms with Crippen molar-refractivity contribution in [3.8, 4) is 0 Å². The molecule has 0 spiro atoms. The van der Waals surface area contributed by atoms with Gasteiger partial charge >= 0.3 is 0 Å². The number of rotatable bonds is 14. The summed E-state index contributed by atoms with van der Waals surface area (Å²) in [5.74, 6) is -3.36. The lowest BCUT2D eigenvalue weighted by atomic mass is 9.90. The Hall–Kier alpha value is -4.20. The Morgan fingerprint density at radius 2 is 1.36 bits per heavy atom. The third kappa shape index (κ3) is 9.89. The Kier molecular flexibility index (Phi) is 11.0. The first-order chi connectivity index (χ1) is 18.7. The van der Waals surface area contributed by atoms with E-state index in [1.807, 2.05) is 0 Å². The van der Waals surface area contributed by atoms with Gasteiger partial charge in [0, 0.05) is 30.6 Å². The van der Waals surface area contributed by atoms with E-state index in [-0.39, 0.29) is 23.8 Å². The van der Waals surface area contributed by atoms with E-state index in [0.29, 0.717) is 36.1 Å². The van der Waals surface area contributed by atoms with Crippen LogP contribution in [0.4, 0.5) is 20.2 Å². The number of hydrogen-bond donors (Lipinski definition) is 2. The molecule has 2 amide bonds. The first-order valence-electron chi connectivity index (χ1n) is 12.9. The van der Waals surface area contributed by atoms with Gasteiger partial charge in [0.1, 0.15) is 23.3 Å². The molecule has 0 heterocycles. The Labute approximate surface area is 226 Å². The minimum absolute atomic E-state index is 0.156. The van der Waals surface area contributed by atoms with Crippen molar-refractivity contribution in [1.82, 2.24) is 0 Å². The highest BCUT2D eigenvalue weighted by Crippen LogP contribution is 2.24. The topological polar surface area (TPSA) is 92.3 Å². The number of anilines is 2. The van der Waals surface area contributed by atoms with Crippen molar-refractivity contribution in [2.75, 3.05) is 10.6 Å². The molecule has 0 fully saturated rings. The second-order valence-electron chi connectivity index (χ2n) is 9.49. The SMILES string of the molecule is CC(=O)CCCCCCC(=O)Nc1ccc(C(C(=O)Cc2cccc(F)c2)C(=O)Nc2cccc(F)c2)cc1. The summed E-state index contributed by atoms with van der Waals surface area (Å²) in [6.07, 6.45) is 4.00. The highest BCUT2D eigenvalue weighted by molar-refractivity contribution is 6.12. The van der Waals surface area contributed by atoms with Gasteiger partial charge in [0.25, 0.3) is 0 Å². The molecular weight excluding hydrogens is 502 g/mol. The van der Waals surface area contributed by atoms with Gasteiger partial charge in [-0.15, -0.1) is 0 Å². The van der Waals surface area contributed by atoms with Crippen molar-refractivity contribution in [3.63, 3.8) is 0 Å². The molecule has 6 nitrogen and oxygen atoms in total. The van der Waals surface area contributed by atoms with Crippen LogP contribution in [0.2, 0.25) is 0 Å². The fraction of sp³-hybridized carbons (Fsp3) is 0.290. The van der Waals surface area contributed by atoms with Gasteiger partial charge < -0.3 is 15.4 Å². The summed E-state index contributed by atoms with van der Waals surface area (Å²) < 4.78 is 27.3. The number of hydrogen-bond acceptors (Lipinski definition) is 4.